The lowest BCUT2D eigenvalue weighted by molar-refractivity contribution is -0.129. The molecule has 1 amide bonds. The first kappa shape index (κ1) is 15.1. The standard InChI is InChI=1S/C14H21NO2S/c1-14(2,17)11-15(3)13(16)10-18-9-12-7-5-4-6-8-12/h4-8,17H,9-11H2,1-3H3. The molecule has 0 aliphatic rings. The van der Waals surface area contributed by atoms with Crippen LogP contribution in [0.15, 0.2) is 30.3 Å². The lowest BCUT2D eigenvalue weighted by Crippen LogP contribution is -2.40. The van der Waals surface area contributed by atoms with Gasteiger partial charge in [-0.3, -0.25) is 4.79 Å². The van der Waals surface area contributed by atoms with E-state index in [0.29, 0.717) is 12.3 Å². The number of rotatable bonds is 6. The van der Waals surface area contributed by atoms with Gasteiger partial charge in [0.2, 0.25) is 5.91 Å². The van der Waals surface area contributed by atoms with E-state index >= 15 is 0 Å². The number of carbonyl (C=O) groups is 1. The fraction of sp³-hybridized carbons (Fsp3) is 0.500. The Morgan fingerprint density at radius 1 is 1.33 bits per heavy atom. The molecule has 0 heterocycles. The van der Waals surface area contributed by atoms with Gasteiger partial charge in [0.1, 0.15) is 0 Å². The number of likely N-dealkylation sites (N-methyl/N-ethyl adjacent to an activating group) is 1. The lowest BCUT2D eigenvalue weighted by atomic mass is 10.1. The van der Waals surface area contributed by atoms with Crippen molar-refractivity contribution in [1.29, 1.82) is 0 Å². The van der Waals surface area contributed by atoms with E-state index in [0.717, 1.165) is 5.75 Å². The molecule has 0 bridgehead atoms. The van der Waals surface area contributed by atoms with Crippen molar-refractivity contribution in [3.8, 4) is 0 Å². The number of amides is 1. The summed E-state index contributed by atoms with van der Waals surface area (Å²) in [5.74, 6) is 1.34. The topological polar surface area (TPSA) is 40.5 Å². The number of thioether (sulfide) groups is 1. The molecule has 0 fully saturated rings. The average Bonchev–Trinajstić information content (AvgIpc) is 2.28. The fourth-order valence-electron chi connectivity index (χ4n) is 1.61. The zero-order chi connectivity index (χ0) is 13.6. The van der Waals surface area contributed by atoms with Crippen LogP contribution in [0, 0.1) is 0 Å². The van der Waals surface area contributed by atoms with Crippen molar-refractivity contribution in [3.63, 3.8) is 0 Å². The molecule has 0 atom stereocenters. The first-order valence-electron chi connectivity index (χ1n) is 5.96. The van der Waals surface area contributed by atoms with E-state index in [4.69, 9.17) is 0 Å². The molecule has 3 nitrogen and oxygen atoms in total. The number of hydrogen-bond donors (Lipinski definition) is 1. The molecule has 1 N–H and O–H groups in total. The molecule has 1 rings (SSSR count). The van der Waals surface area contributed by atoms with Gasteiger partial charge >= 0.3 is 0 Å². The highest BCUT2D eigenvalue weighted by Crippen LogP contribution is 2.13. The summed E-state index contributed by atoms with van der Waals surface area (Å²) in [5, 5.41) is 9.64. The Kier molecular flexibility index (Phi) is 5.69. The van der Waals surface area contributed by atoms with Crippen LogP contribution in [0.5, 0.6) is 0 Å². The highest BCUT2D eigenvalue weighted by Gasteiger charge is 2.18. The Morgan fingerprint density at radius 3 is 2.50 bits per heavy atom. The molecule has 0 aliphatic carbocycles. The highest BCUT2D eigenvalue weighted by molar-refractivity contribution is 7.99. The van der Waals surface area contributed by atoms with Gasteiger partial charge in [0, 0.05) is 19.3 Å². The zero-order valence-corrected chi connectivity index (χ0v) is 12.0. The maximum atomic E-state index is 11.8. The van der Waals surface area contributed by atoms with Gasteiger partial charge in [0.25, 0.3) is 0 Å². The molecular formula is C14H21NO2S. The second kappa shape index (κ2) is 6.81. The van der Waals surface area contributed by atoms with E-state index in [9.17, 15) is 9.90 Å². The molecule has 0 radical (unpaired) electrons. The minimum atomic E-state index is -0.839. The smallest absolute Gasteiger partial charge is 0.232 e. The van der Waals surface area contributed by atoms with Crippen molar-refractivity contribution in [2.45, 2.75) is 25.2 Å². The van der Waals surface area contributed by atoms with Gasteiger partial charge < -0.3 is 10.0 Å². The maximum absolute atomic E-state index is 11.8. The van der Waals surface area contributed by atoms with E-state index < -0.39 is 5.60 Å². The van der Waals surface area contributed by atoms with Gasteiger partial charge in [-0.25, -0.2) is 0 Å². The SMILES string of the molecule is CN(CC(C)(C)O)C(=O)CSCc1ccccc1. The second-order valence-corrected chi connectivity index (χ2v) is 6.03. The van der Waals surface area contributed by atoms with E-state index in [1.165, 1.54) is 5.56 Å². The highest BCUT2D eigenvalue weighted by atomic mass is 32.2. The molecule has 0 spiro atoms. The van der Waals surface area contributed by atoms with Crippen LogP contribution < -0.4 is 0 Å². The Balaban J connectivity index is 2.29. The molecule has 1 aromatic rings. The molecule has 18 heavy (non-hydrogen) atoms. The van der Waals surface area contributed by atoms with Crippen LogP contribution in [0.1, 0.15) is 19.4 Å². The molecule has 0 saturated carbocycles. The van der Waals surface area contributed by atoms with Crippen LogP contribution in [0.3, 0.4) is 0 Å². The van der Waals surface area contributed by atoms with Crippen molar-refractivity contribution < 1.29 is 9.90 Å². The summed E-state index contributed by atoms with van der Waals surface area (Å²) in [6, 6.07) is 10.1. The first-order valence-corrected chi connectivity index (χ1v) is 7.12. The quantitative estimate of drug-likeness (QED) is 0.858. The molecule has 0 aliphatic heterocycles. The molecule has 0 aromatic heterocycles. The number of benzene rings is 1. The van der Waals surface area contributed by atoms with E-state index in [2.05, 4.69) is 12.1 Å². The summed E-state index contributed by atoms with van der Waals surface area (Å²) in [6.07, 6.45) is 0. The number of aliphatic hydroxyl groups is 1. The predicted octanol–water partition coefficient (Wildman–Crippen LogP) is 2.15. The van der Waals surface area contributed by atoms with Crippen molar-refractivity contribution in [2.75, 3.05) is 19.3 Å². The number of carbonyl (C=O) groups excluding carboxylic acids is 1. The summed E-state index contributed by atoms with van der Waals surface area (Å²) in [5.41, 5.74) is 0.384. The molecule has 0 saturated heterocycles. The Bertz CT molecular complexity index is 373. The molecule has 100 valence electrons. The van der Waals surface area contributed by atoms with Gasteiger partial charge in [-0.1, -0.05) is 30.3 Å². The molecule has 4 heteroatoms. The van der Waals surface area contributed by atoms with Gasteiger partial charge in [-0.2, -0.15) is 0 Å². The summed E-state index contributed by atoms with van der Waals surface area (Å²) in [6.45, 7) is 3.76. The summed E-state index contributed by atoms with van der Waals surface area (Å²) < 4.78 is 0. The van der Waals surface area contributed by atoms with Crippen molar-refractivity contribution >= 4 is 17.7 Å². The second-order valence-electron chi connectivity index (χ2n) is 5.04. The van der Waals surface area contributed by atoms with Gasteiger partial charge in [-0.05, 0) is 19.4 Å². The van der Waals surface area contributed by atoms with Crippen LogP contribution in [0.25, 0.3) is 0 Å². The summed E-state index contributed by atoms with van der Waals surface area (Å²) in [4.78, 5) is 13.4. The molecule has 1 aromatic carbocycles. The number of hydrogen-bond acceptors (Lipinski definition) is 3. The Labute approximate surface area is 113 Å². The Hall–Kier alpha value is -1.00. The van der Waals surface area contributed by atoms with Crippen LogP contribution >= 0.6 is 11.8 Å². The third kappa shape index (κ3) is 6.07. The van der Waals surface area contributed by atoms with Crippen LogP contribution in [-0.4, -0.2) is 40.9 Å². The van der Waals surface area contributed by atoms with Crippen molar-refractivity contribution in [1.82, 2.24) is 4.90 Å². The Morgan fingerprint density at radius 2 is 1.94 bits per heavy atom. The third-order valence-electron chi connectivity index (χ3n) is 2.39. The van der Waals surface area contributed by atoms with Gasteiger partial charge in [-0.15, -0.1) is 11.8 Å². The van der Waals surface area contributed by atoms with E-state index in [1.54, 1.807) is 37.6 Å². The minimum absolute atomic E-state index is 0.0538. The van der Waals surface area contributed by atoms with Crippen LogP contribution in [0.2, 0.25) is 0 Å². The largest absolute Gasteiger partial charge is 0.389 e. The summed E-state index contributed by atoms with van der Waals surface area (Å²) in [7, 11) is 1.73. The van der Waals surface area contributed by atoms with Crippen LogP contribution in [0.4, 0.5) is 0 Å². The third-order valence-corrected chi connectivity index (χ3v) is 3.38. The molecular weight excluding hydrogens is 246 g/mol. The summed E-state index contributed by atoms with van der Waals surface area (Å²) >= 11 is 1.60. The monoisotopic (exact) mass is 267 g/mol. The van der Waals surface area contributed by atoms with Gasteiger partial charge in [0.05, 0.1) is 11.4 Å². The fourth-order valence-corrected chi connectivity index (χ4v) is 2.53. The minimum Gasteiger partial charge on any atom is -0.389 e. The number of nitrogens with zero attached hydrogens (tertiary/aromatic N) is 1. The first-order chi connectivity index (χ1) is 8.38. The molecule has 0 unspecified atom stereocenters. The normalized spacial score (nSPS) is 11.3. The zero-order valence-electron chi connectivity index (χ0n) is 11.2. The van der Waals surface area contributed by atoms with Crippen molar-refractivity contribution in [3.05, 3.63) is 35.9 Å². The van der Waals surface area contributed by atoms with E-state index in [1.807, 2.05) is 18.2 Å². The van der Waals surface area contributed by atoms with Crippen LogP contribution in [-0.2, 0) is 10.5 Å². The average molecular weight is 267 g/mol. The predicted molar refractivity (Wildman–Crippen MR) is 76.5 cm³/mol. The lowest BCUT2D eigenvalue weighted by Gasteiger charge is -2.25. The van der Waals surface area contributed by atoms with Crippen molar-refractivity contribution in [2.24, 2.45) is 0 Å². The van der Waals surface area contributed by atoms with E-state index in [-0.39, 0.29) is 5.91 Å². The maximum Gasteiger partial charge on any atom is 0.232 e. The van der Waals surface area contributed by atoms with Gasteiger partial charge in [0.15, 0.2) is 0 Å².